The summed E-state index contributed by atoms with van der Waals surface area (Å²) in [5.74, 6) is 0.361. The highest BCUT2D eigenvalue weighted by Gasteiger charge is 2.22. The predicted octanol–water partition coefficient (Wildman–Crippen LogP) is 4.16. The molecule has 0 aromatic heterocycles. The fourth-order valence-electron chi connectivity index (χ4n) is 2.86. The largest absolute Gasteiger partial charge is 0.496 e. The van der Waals surface area contributed by atoms with E-state index in [1.165, 1.54) is 22.5 Å². The fraction of sp³-hybridized carbons (Fsp3) is 0.318. The van der Waals surface area contributed by atoms with E-state index >= 15 is 0 Å². The molecule has 0 radical (unpaired) electrons. The summed E-state index contributed by atoms with van der Waals surface area (Å²) in [5, 5.41) is 2.73. The summed E-state index contributed by atoms with van der Waals surface area (Å²) < 4.78 is 32.3. The average Bonchev–Trinajstić information content (AvgIpc) is 2.72. The van der Waals surface area contributed by atoms with Crippen LogP contribution < -0.4 is 10.1 Å². The van der Waals surface area contributed by atoms with E-state index in [1.54, 1.807) is 25.3 Å². The number of para-hydroxylation sites is 1. The Labute approximate surface area is 173 Å². The second kappa shape index (κ2) is 10.8. The lowest BCUT2D eigenvalue weighted by molar-refractivity contribution is -0.111. The zero-order chi connectivity index (χ0) is 21.3. The summed E-state index contributed by atoms with van der Waals surface area (Å²) in [5.41, 5.74) is 1.31. The Kier molecular flexibility index (Phi) is 8.42. The van der Waals surface area contributed by atoms with Gasteiger partial charge < -0.3 is 10.1 Å². The topological polar surface area (TPSA) is 75.7 Å². The Hall–Kier alpha value is -2.64. The first-order chi connectivity index (χ1) is 13.9. The Morgan fingerprint density at radius 1 is 1.03 bits per heavy atom. The zero-order valence-electron chi connectivity index (χ0n) is 17.1. The van der Waals surface area contributed by atoms with Crippen LogP contribution in [0, 0.1) is 0 Å². The number of anilines is 1. The minimum Gasteiger partial charge on any atom is -0.496 e. The lowest BCUT2D eigenvalue weighted by Gasteiger charge is -2.21. The number of hydrogen-bond donors (Lipinski definition) is 1. The molecule has 1 amide bonds. The van der Waals surface area contributed by atoms with Crippen LogP contribution in [-0.2, 0) is 14.8 Å². The molecule has 0 atom stereocenters. The van der Waals surface area contributed by atoms with Crippen molar-refractivity contribution in [2.24, 2.45) is 0 Å². The molecule has 0 aliphatic heterocycles. The third-order valence-electron chi connectivity index (χ3n) is 4.26. The number of benzene rings is 2. The van der Waals surface area contributed by atoms with Gasteiger partial charge in [-0.05, 0) is 49.2 Å². The van der Waals surface area contributed by atoms with Gasteiger partial charge in [0.05, 0.1) is 12.0 Å². The molecule has 2 rings (SSSR count). The molecule has 0 aliphatic rings. The fourth-order valence-corrected chi connectivity index (χ4v) is 4.49. The number of carbonyl (C=O) groups excluding carboxylic acids is 1. The molecule has 0 spiro atoms. The van der Waals surface area contributed by atoms with Gasteiger partial charge in [0.1, 0.15) is 5.75 Å². The molecular weight excluding hydrogens is 388 g/mol. The molecule has 0 saturated carbocycles. The van der Waals surface area contributed by atoms with Crippen LogP contribution in [0.1, 0.15) is 32.3 Å². The van der Waals surface area contributed by atoms with Crippen LogP contribution in [0.3, 0.4) is 0 Å². The first-order valence-corrected chi connectivity index (χ1v) is 11.1. The van der Waals surface area contributed by atoms with Crippen molar-refractivity contribution in [3.8, 4) is 5.75 Å². The van der Waals surface area contributed by atoms with E-state index in [0.717, 1.165) is 18.4 Å². The smallest absolute Gasteiger partial charge is 0.248 e. The van der Waals surface area contributed by atoms with Gasteiger partial charge in [0, 0.05) is 30.4 Å². The quantitative estimate of drug-likeness (QED) is 0.590. The van der Waals surface area contributed by atoms with Gasteiger partial charge in [0.2, 0.25) is 15.9 Å². The van der Waals surface area contributed by atoms with Gasteiger partial charge in [0.25, 0.3) is 0 Å². The van der Waals surface area contributed by atoms with Gasteiger partial charge in [-0.25, -0.2) is 8.42 Å². The minimum atomic E-state index is -3.53. The monoisotopic (exact) mass is 416 g/mol. The number of hydrogen-bond acceptors (Lipinski definition) is 4. The van der Waals surface area contributed by atoms with E-state index in [2.05, 4.69) is 5.32 Å². The predicted molar refractivity (Wildman–Crippen MR) is 116 cm³/mol. The van der Waals surface area contributed by atoms with Crippen molar-refractivity contribution in [1.29, 1.82) is 0 Å². The molecule has 0 saturated heterocycles. The van der Waals surface area contributed by atoms with Crippen molar-refractivity contribution in [3.05, 3.63) is 60.2 Å². The third-order valence-corrected chi connectivity index (χ3v) is 6.17. The molecule has 0 fully saturated rings. The summed E-state index contributed by atoms with van der Waals surface area (Å²) in [6.07, 6.45) is 4.59. The van der Waals surface area contributed by atoms with E-state index in [-0.39, 0.29) is 10.8 Å². The average molecular weight is 417 g/mol. The summed E-state index contributed by atoms with van der Waals surface area (Å²) in [7, 11) is -1.96. The molecule has 0 unspecified atom stereocenters. The number of sulfonamides is 1. The lowest BCUT2D eigenvalue weighted by Crippen LogP contribution is -2.32. The van der Waals surface area contributed by atoms with Crippen LogP contribution in [0.5, 0.6) is 5.75 Å². The maximum absolute atomic E-state index is 12.8. The first kappa shape index (κ1) is 22.6. The Morgan fingerprint density at radius 3 is 2.24 bits per heavy atom. The number of nitrogens with zero attached hydrogens (tertiary/aromatic N) is 1. The standard InChI is InChI=1S/C22H28N2O4S/c1-4-16-24(17-5-2)29(26,27)20-13-11-19(12-14-20)23-22(25)15-10-18-8-6-7-9-21(18)28-3/h6-15H,4-5,16-17H2,1-3H3,(H,23,25). The van der Waals surface area contributed by atoms with Gasteiger partial charge >= 0.3 is 0 Å². The van der Waals surface area contributed by atoms with Crippen LogP contribution in [0.15, 0.2) is 59.5 Å². The molecule has 6 nitrogen and oxygen atoms in total. The highest BCUT2D eigenvalue weighted by Crippen LogP contribution is 2.20. The molecule has 0 heterocycles. The molecule has 156 valence electrons. The SMILES string of the molecule is CCCN(CCC)S(=O)(=O)c1ccc(NC(=O)C=Cc2ccccc2OC)cc1. The number of ether oxygens (including phenoxy) is 1. The van der Waals surface area contributed by atoms with E-state index in [4.69, 9.17) is 4.74 Å². The van der Waals surface area contributed by atoms with Crippen molar-refractivity contribution in [3.63, 3.8) is 0 Å². The van der Waals surface area contributed by atoms with Crippen molar-refractivity contribution >= 4 is 27.7 Å². The van der Waals surface area contributed by atoms with Gasteiger partial charge in [-0.15, -0.1) is 0 Å². The number of rotatable bonds is 10. The van der Waals surface area contributed by atoms with Crippen LogP contribution in [0.25, 0.3) is 6.08 Å². The summed E-state index contributed by atoms with van der Waals surface area (Å²) in [6.45, 7) is 4.88. The number of amides is 1. The van der Waals surface area contributed by atoms with Crippen LogP contribution in [0.2, 0.25) is 0 Å². The lowest BCUT2D eigenvalue weighted by atomic mass is 10.2. The van der Waals surface area contributed by atoms with Crippen LogP contribution in [0.4, 0.5) is 5.69 Å². The number of methoxy groups -OCH3 is 1. The molecule has 1 N–H and O–H groups in total. The first-order valence-electron chi connectivity index (χ1n) is 9.64. The summed E-state index contributed by atoms with van der Waals surface area (Å²) >= 11 is 0. The molecule has 2 aromatic rings. The zero-order valence-corrected chi connectivity index (χ0v) is 17.9. The van der Waals surface area contributed by atoms with Crippen LogP contribution >= 0.6 is 0 Å². The van der Waals surface area contributed by atoms with Crippen molar-refractivity contribution in [2.45, 2.75) is 31.6 Å². The van der Waals surface area contributed by atoms with Crippen molar-refractivity contribution < 1.29 is 17.9 Å². The molecule has 7 heteroatoms. The molecule has 0 bridgehead atoms. The maximum atomic E-state index is 12.8. The third kappa shape index (κ3) is 6.17. The van der Waals surface area contributed by atoms with Crippen molar-refractivity contribution in [1.82, 2.24) is 4.31 Å². The Bertz CT molecular complexity index is 932. The Morgan fingerprint density at radius 2 is 1.66 bits per heavy atom. The Balaban J connectivity index is 2.08. The molecule has 0 aliphatic carbocycles. The number of nitrogens with one attached hydrogen (secondary N) is 1. The van der Waals surface area contributed by atoms with Gasteiger partial charge in [-0.2, -0.15) is 4.31 Å². The van der Waals surface area contributed by atoms with Crippen molar-refractivity contribution in [2.75, 3.05) is 25.5 Å². The van der Waals surface area contributed by atoms with E-state index in [0.29, 0.717) is 24.5 Å². The highest BCUT2D eigenvalue weighted by molar-refractivity contribution is 7.89. The number of carbonyl (C=O) groups is 1. The highest BCUT2D eigenvalue weighted by atomic mass is 32.2. The van der Waals surface area contributed by atoms with Gasteiger partial charge in [0.15, 0.2) is 0 Å². The van der Waals surface area contributed by atoms with E-state index < -0.39 is 10.0 Å². The van der Waals surface area contributed by atoms with Gasteiger partial charge in [-0.3, -0.25) is 4.79 Å². The van der Waals surface area contributed by atoms with E-state index in [1.807, 2.05) is 38.1 Å². The molecule has 2 aromatic carbocycles. The van der Waals surface area contributed by atoms with Crippen LogP contribution in [-0.4, -0.2) is 38.8 Å². The molecule has 29 heavy (non-hydrogen) atoms. The summed E-state index contributed by atoms with van der Waals surface area (Å²) in [4.78, 5) is 12.4. The maximum Gasteiger partial charge on any atom is 0.248 e. The van der Waals surface area contributed by atoms with E-state index in [9.17, 15) is 13.2 Å². The summed E-state index contributed by atoms with van der Waals surface area (Å²) in [6, 6.07) is 13.6. The second-order valence-electron chi connectivity index (χ2n) is 6.49. The normalized spacial score (nSPS) is 11.7. The van der Waals surface area contributed by atoms with Gasteiger partial charge in [-0.1, -0.05) is 32.0 Å². The second-order valence-corrected chi connectivity index (χ2v) is 8.43. The minimum absolute atomic E-state index is 0.224. The molecular formula is C22H28N2O4S.